The molecule has 0 spiro atoms. The van der Waals surface area contributed by atoms with E-state index >= 15 is 0 Å². The van der Waals surface area contributed by atoms with Gasteiger partial charge in [0.2, 0.25) is 11.8 Å². The van der Waals surface area contributed by atoms with Gasteiger partial charge in [-0.3, -0.25) is 9.59 Å². The average Bonchev–Trinajstić information content (AvgIpc) is 2.91. The van der Waals surface area contributed by atoms with E-state index in [0.29, 0.717) is 11.9 Å². The molecule has 3 aliphatic rings. The van der Waals surface area contributed by atoms with Crippen LogP contribution < -0.4 is 5.32 Å². The van der Waals surface area contributed by atoms with Crippen LogP contribution in [-0.4, -0.2) is 35.8 Å². The zero-order valence-electron chi connectivity index (χ0n) is 15.1. The topological polar surface area (TPSA) is 49.4 Å². The number of carbonyl (C=O) groups is 2. The van der Waals surface area contributed by atoms with Crippen molar-refractivity contribution in [2.75, 3.05) is 13.1 Å². The van der Waals surface area contributed by atoms with Gasteiger partial charge in [0.1, 0.15) is 0 Å². The number of likely N-dealkylation sites (tertiary alicyclic amines) is 1. The Kier molecular flexibility index (Phi) is 6.56. The average molecular weight is 335 g/mol. The Morgan fingerprint density at radius 2 is 1.21 bits per heavy atom. The fourth-order valence-corrected chi connectivity index (χ4v) is 4.72. The van der Waals surface area contributed by atoms with Gasteiger partial charge in [-0.2, -0.15) is 0 Å². The Morgan fingerprint density at radius 1 is 0.667 bits per heavy atom. The summed E-state index contributed by atoms with van der Waals surface area (Å²) in [4.78, 5) is 27.3. The van der Waals surface area contributed by atoms with E-state index in [-0.39, 0.29) is 17.7 Å². The van der Waals surface area contributed by atoms with Crippen molar-refractivity contribution < 1.29 is 9.59 Å². The van der Waals surface area contributed by atoms with Gasteiger partial charge in [-0.1, -0.05) is 32.1 Å². The van der Waals surface area contributed by atoms with Crippen molar-refractivity contribution in [3.8, 4) is 0 Å². The number of hydrogen-bond acceptors (Lipinski definition) is 2. The summed E-state index contributed by atoms with van der Waals surface area (Å²) in [5.74, 6) is 0.924. The number of amides is 2. The highest BCUT2D eigenvalue weighted by molar-refractivity contribution is 5.81. The Bertz CT molecular complexity index is 415. The van der Waals surface area contributed by atoms with Gasteiger partial charge in [0.05, 0.1) is 0 Å². The zero-order chi connectivity index (χ0) is 16.8. The van der Waals surface area contributed by atoms with E-state index < -0.39 is 0 Å². The second-order valence-corrected chi connectivity index (χ2v) is 8.13. The van der Waals surface area contributed by atoms with Crippen molar-refractivity contribution in [2.45, 2.75) is 89.5 Å². The molecule has 0 atom stereocenters. The summed E-state index contributed by atoms with van der Waals surface area (Å²) < 4.78 is 0. The maximum atomic E-state index is 12.7. The Balaban J connectivity index is 1.42. The van der Waals surface area contributed by atoms with Crippen molar-refractivity contribution >= 4 is 11.8 Å². The molecule has 1 N–H and O–H groups in total. The number of nitrogens with zero attached hydrogens (tertiary/aromatic N) is 1. The largest absolute Gasteiger partial charge is 0.353 e. The highest BCUT2D eigenvalue weighted by Gasteiger charge is 2.33. The van der Waals surface area contributed by atoms with Crippen LogP contribution in [0.25, 0.3) is 0 Å². The van der Waals surface area contributed by atoms with Crippen LogP contribution in [0.15, 0.2) is 0 Å². The summed E-state index contributed by atoms with van der Waals surface area (Å²) in [6, 6.07) is 0.405. The molecule has 0 aromatic carbocycles. The summed E-state index contributed by atoms with van der Waals surface area (Å²) in [7, 11) is 0. The molecule has 2 saturated carbocycles. The van der Waals surface area contributed by atoms with Crippen molar-refractivity contribution in [1.82, 2.24) is 10.2 Å². The first-order chi connectivity index (χ1) is 11.7. The van der Waals surface area contributed by atoms with E-state index in [9.17, 15) is 9.59 Å². The van der Waals surface area contributed by atoms with Crippen LogP contribution in [0.5, 0.6) is 0 Å². The van der Waals surface area contributed by atoms with Gasteiger partial charge in [-0.05, 0) is 51.4 Å². The third-order valence-corrected chi connectivity index (χ3v) is 6.32. The molecule has 2 aliphatic carbocycles. The van der Waals surface area contributed by atoms with Crippen molar-refractivity contribution in [1.29, 1.82) is 0 Å². The summed E-state index contributed by atoms with van der Waals surface area (Å²) >= 11 is 0. The molecule has 4 nitrogen and oxygen atoms in total. The molecule has 0 unspecified atom stereocenters. The van der Waals surface area contributed by atoms with E-state index in [1.807, 2.05) is 0 Å². The lowest BCUT2D eigenvalue weighted by Crippen LogP contribution is -2.43. The molecule has 2 amide bonds. The third kappa shape index (κ3) is 4.73. The maximum absolute atomic E-state index is 12.7. The summed E-state index contributed by atoms with van der Waals surface area (Å²) in [5.41, 5.74) is 0. The standard InChI is InChI=1S/C20H34N2O2/c23-19(21-18-8-4-3-5-9-18)16-10-12-17(13-11-16)20(24)22-14-6-1-2-7-15-22/h16-18H,1-15H2,(H,21,23). The Morgan fingerprint density at radius 3 is 1.83 bits per heavy atom. The first-order valence-electron chi connectivity index (χ1n) is 10.3. The van der Waals surface area contributed by atoms with E-state index in [0.717, 1.165) is 64.5 Å². The Labute approximate surface area is 146 Å². The molecule has 1 saturated heterocycles. The number of hydrogen-bond donors (Lipinski definition) is 1. The van der Waals surface area contributed by atoms with Crippen molar-refractivity contribution in [3.05, 3.63) is 0 Å². The van der Waals surface area contributed by atoms with Gasteiger partial charge >= 0.3 is 0 Å². The monoisotopic (exact) mass is 334 g/mol. The van der Waals surface area contributed by atoms with Gasteiger partial charge in [0.15, 0.2) is 0 Å². The third-order valence-electron chi connectivity index (χ3n) is 6.32. The fraction of sp³-hybridized carbons (Fsp3) is 0.900. The van der Waals surface area contributed by atoms with E-state index in [2.05, 4.69) is 10.2 Å². The highest BCUT2D eigenvalue weighted by atomic mass is 16.2. The molecule has 0 bridgehead atoms. The van der Waals surface area contributed by atoms with E-state index in [1.54, 1.807) is 0 Å². The summed E-state index contributed by atoms with van der Waals surface area (Å²) in [6.07, 6.45) is 14.5. The van der Waals surface area contributed by atoms with Gasteiger partial charge in [0, 0.05) is 31.0 Å². The lowest BCUT2D eigenvalue weighted by molar-refractivity contribution is -0.138. The van der Waals surface area contributed by atoms with Crippen LogP contribution in [0.4, 0.5) is 0 Å². The molecule has 0 aromatic heterocycles. The quantitative estimate of drug-likeness (QED) is 0.856. The molecule has 1 aliphatic heterocycles. The molecule has 3 fully saturated rings. The first kappa shape index (κ1) is 17.8. The molecule has 24 heavy (non-hydrogen) atoms. The summed E-state index contributed by atoms with van der Waals surface area (Å²) in [6.45, 7) is 1.89. The van der Waals surface area contributed by atoms with E-state index in [4.69, 9.17) is 0 Å². The number of rotatable bonds is 3. The molecule has 1 heterocycles. The predicted molar refractivity (Wildman–Crippen MR) is 95.5 cm³/mol. The van der Waals surface area contributed by atoms with Crippen LogP contribution in [-0.2, 0) is 9.59 Å². The molecule has 0 aromatic rings. The molecule has 0 radical (unpaired) electrons. The molecule has 3 rings (SSSR count). The fourth-order valence-electron chi connectivity index (χ4n) is 4.72. The number of carbonyl (C=O) groups excluding carboxylic acids is 2. The second kappa shape index (κ2) is 8.87. The van der Waals surface area contributed by atoms with Gasteiger partial charge in [-0.25, -0.2) is 0 Å². The van der Waals surface area contributed by atoms with E-state index in [1.165, 1.54) is 32.1 Å². The molecule has 136 valence electrons. The molecule has 4 heteroatoms. The van der Waals surface area contributed by atoms with Crippen LogP contribution in [0, 0.1) is 11.8 Å². The molecular weight excluding hydrogens is 300 g/mol. The Hall–Kier alpha value is -1.06. The van der Waals surface area contributed by atoms with Crippen LogP contribution in [0.1, 0.15) is 83.5 Å². The minimum absolute atomic E-state index is 0.139. The van der Waals surface area contributed by atoms with Crippen LogP contribution in [0.2, 0.25) is 0 Å². The van der Waals surface area contributed by atoms with Crippen molar-refractivity contribution in [3.63, 3.8) is 0 Å². The lowest BCUT2D eigenvalue weighted by Gasteiger charge is -2.32. The molecular formula is C20H34N2O2. The minimum atomic E-state index is 0.139. The van der Waals surface area contributed by atoms with Crippen LogP contribution >= 0.6 is 0 Å². The van der Waals surface area contributed by atoms with Crippen LogP contribution in [0.3, 0.4) is 0 Å². The second-order valence-electron chi connectivity index (χ2n) is 8.13. The number of nitrogens with one attached hydrogen (secondary N) is 1. The van der Waals surface area contributed by atoms with Gasteiger partial charge < -0.3 is 10.2 Å². The lowest BCUT2D eigenvalue weighted by atomic mass is 9.80. The normalized spacial score (nSPS) is 29.8. The van der Waals surface area contributed by atoms with Crippen molar-refractivity contribution in [2.24, 2.45) is 11.8 Å². The van der Waals surface area contributed by atoms with Gasteiger partial charge in [-0.15, -0.1) is 0 Å². The predicted octanol–water partition coefficient (Wildman–Crippen LogP) is 3.64. The highest BCUT2D eigenvalue weighted by Crippen LogP contribution is 2.31. The van der Waals surface area contributed by atoms with Gasteiger partial charge in [0.25, 0.3) is 0 Å². The smallest absolute Gasteiger partial charge is 0.225 e. The zero-order valence-corrected chi connectivity index (χ0v) is 15.1. The first-order valence-corrected chi connectivity index (χ1v) is 10.3. The summed E-state index contributed by atoms with van der Waals surface area (Å²) in [5, 5.41) is 3.27. The maximum Gasteiger partial charge on any atom is 0.225 e. The minimum Gasteiger partial charge on any atom is -0.353 e. The SMILES string of the molecule is O=C(NC1CCCCC1)C1CCC(C(=O)N2CCCCCC2)CC1.